The molecular formula is C24H15Cl2N3O. The summed E-state index contributed by atoms with van der Waals surface area (Å²) in [7, 11) is 0. The highest BCUT2D eigenvalue weighted by Gasteiger charge is 2.33. The van der Waals surface area contributed by atoms with Crippen molar-refractivity contribution < 1.29 is 4.74 Å². The monoisotopic (exact) mass is 431 g/mol. The molecule has 0 fully saturated rings. The van der Waals surface area contributed by atoms with Crippen LogP contribution in [0.25, 0.3) is 21.7 Å². The number of fused-ring (bicyclic) bond motifs is 4. The maximum atomic E-state index is 9.87. The van der Waals surface area contributed by atoms with Crippen molar-refractivity contribution in [1.29, 1.82) is 5.26 Å². The lowest BCUT2D eigenvalue weighted by Crippen LogP contribution is -2.21. The Hall–Kier alpha value is -3.26. The third-order valence-corrected chi connectivity index (χ3v) is 6.20. The second-order valence-electron chi connectivity index (χ2n) is 7.29. The Balaban J connectivity index is 1.82. The van der Waals surface area contributed by atoms with E-state index in [9.17, 15) is 5.26 Å². The number of hydrogen-bond donors (Lipinski definition) is 1. The third-order valence-electron chi connectivity index (χ3n) is 5.49. The van der Waals surface area contributed by atoms with E-state index in [1.165, 1.54) is 0 Å². The van der Waals surface area contributed by atoms with Crippen LogP contribution in [0, 0.1) is 18.3 Å². The summed E-state index contributed by atoms with van der Waals surface area (Å²) < 4.78 is 5.92. The molecule has 0 unspecified atom stereocenters. The molecule has 146 valence electrons. The minimum atomic E-state index is -0.483. The fourth-order valence-corrected chi connectivity index (χ4v) is 4.42. The van der Waals surface area contributed by atoms with Gasteiger partial charge in [0.1, 0.15) is 22.5 Å². The molecule has 1 aliphatic rings. The van der Waals surface area contributed by atoms with E-state index in [4.69, 9.17) is 33.7 Å². The quantitative estimate of drug-likeness (QED) is 0.363. The number of allylic oxidation sites excluding steroid dienone is 1. The van der Waals surface area contributed by atoms with E-state index in [1.807, 2.05) is 55.5 Å². The van der Waals surface area contributed by atoms with Crippen LogP contribution in [0.4, 0.5) is 0 Å². The number of hydrogen-bond acceptors (Lipinski definition) is 4. The molecule has 0 amide bonds. The number of ether oxygens (including phenoxy) is 1. The number of nitrogens with zero attached hydrogens (tertiary/aromatic N) is 2. The zero-order valence-electron chi connectivity index (χ0n) is 15.9. The van der Waals surface area contributed by atoms with Crippen LogP contribution in [0.1, 0.15) is 22.6 Å². The number of rotatable bonds is 1. The van der Waals surface area contributed by atoms with Crippen molar-refractivity contribution >= 4 is 44.9 Å². The van der Waals surface area contributed by atoms with Crippen LogP contribution in [0.2, 0.25) is 10.2 Å². The number of aryl methyl sites for hydroxylation is 1. The predicted octanol–water partition coefficient (Wildman–Crippen LogP) is 6.22. The third kappa shape index (κ3) is 2.79. The van der Waals surface area contributed by atoms with Gasteiger partial charge >= 0.3 is 0 Å². The molecule has 3 aromatic carbocycles. The van der Waals surface area contributed by atoms with Crippen molar-refractivity contribution in [2.24, 2.45) is 5.73 Å². The molecule has 0 radical (unpaired) electrons. The highest BCUT2D eigenvalue weighted by Crippen LogP contribution is 2.47. The zero-order valence-corrected chi connectivity index (χ0v) is 17.4. The van der Waals surface area contributed by atoms with Crippen molar-refractivity contribution in [2.45, 2.75) is 12.8 Å². The van der Waals surface area contributed by atoms with E-state index >= 15 is 0 Å². The standard InChI is InChI=1S/C24H15Cl2N3O/c1-12-8-14-9-17(23(26)29-20(14)10-19(12)25)21-16-7-6-13-4-2-3-5-15(13)22(16)30-24(28)18(21)11-27/h2-10,21H,28H2,1H3/t21-/m0/s1. The summed E-state index contributed by atoms with van der Waals surface area (Å²) in [6, 6.07) is 19.8. The number of aromatic nitrogens is 1. The van der Waals surface area contributed by atoms with E-state index in [1.54, 1.807) is 6.07 Å². The number of pyridine rings is 1. The summed E-state index contributed by atoms with van der Waals surface area (Å²) in [5.41, 5.74) is 9.65. The number of benzene rings is 3. The average Bonchev–Trinajstić information content (AvgIpc) is 2.74. The number of nitriles is 1. The fourth-order valence-electron chi connectivity index (χ4n) is 4.01. The van der Waals surface area contributed by atoms with E-state index in [2.05, 4.69) is 11.1 Å². The number of nitrogens with two attached hydrogens (primary N) is 1. The van der Waals surface area contributed by atoms with Gasteiger partial charge in [0, 0.05) is 26.9 Å². The van der Waals surface area contributed by atoms with Gasteiger partial charge in [-0.1, -0.05) is 59.6 Å². The van der Waals surface area contributed by atoms with Crippen LogP contribution in [0.15, 0.2) is 66.1 Å². The Morgan fingerprint density at radius 1 is 1.03 bits per heavy atom. The molecule has 4 aromatic rings. The smallest absolute Gasteiger partial charge is 0.205 e. The summed E-state index contributed by atoms with van der Waals surface area (Å²) in [6.45, 7) is 1.94. The summed E-state index contributed by atoms with van der Waals surface area (Å²) in [5, 5.41) is 13.6. The van der Waals surface area contributed by atoms with Gasteiger partial charge in [-0.2, -0.15) is 5.26 Å². The van der Waals surface area contributed by atoms with E-state index in [0.29, 0.717) is 32.6 Å². The molecular weight excluding hydrogens is 417 g/mol. The molecule has 2 heterocycles. The first kappa shape index (κ1) is 18.7. The molecule has 5 rings (SSSR count). The van der Waals surface area contributed by atoms with Gasteiger partial charge in [0.25, 0.3) is 0 Å². The lowest BCUT2D eigenvalue weighted by molar-refractivity contribution is 0.398. The number of halogens is 2. The van der Waals surface area contributed by atoms with Crippen LogP contribution < -0.4 is 10.5 Å². The lowest BCUT2D eigenvalue weighted by Gasteiger charge is -2.28. The van der Waals surface area contributed by atoms with Crippen LogP contribution in [-0.4, -0.2) is 4.98 Å². The van der Waals surface area contributed by atoms with Crippen LogP contribution in [0.3, 0.4) is 0 Å². The largest absolute Gasteiger partial charge is 0.440 e. The van der Waals surface area contributed by atoms with Gasteiger partial charge in [0.05, 0.1) is 11.4 Å². The highest BCUT2D eigenvalue weighted by molar-refractivity contribution is 6.32. The Kier molecular flexibility index (Phi) is 4.32. The second kappa shape index (κ2) is 6.91. The fraction of sp³-hybridized carbons (Fsp3) is 0.0833. The maximum absolute atomic E-state index is 9.87. The zero-order chi connectivity index (χ0) is 21.0. The first-order chi connectivity index (χ1) is 14.5. The Bertz CT molecular complexity index is 1440. The predicted molar refractivity (Wildman–Crippen MR) is 120 cm³/mol. The molecule has 2 N–H and O–H groups in total. The van der Waals surface area contributed by atoms with Crippen molar-refractivity contribution in [3.05, 3.63) is 92.9 Å². The van der Waals surface area contributed by atoms with Gasteiger partial charge < -0.3 is 10.5 Å². The first-order valence-corrected chi connectivity index (χ1v) is 10.1. The highest BCUT2D eigenvalue weighted by atomic mass is 35.5. The molecule has 1 aliphatic heterocycles. The molecule has 0 saturated heterocycles. The minimum absolute atomic E-state index is 0.0785. The van der Waals surface area contributed by atoms with Crippen molar-refractivity contribution in [2.75, 3.05) is 0 Å². The van der Waals surface area contributed by atoms with Gasteiger partial charge in [-0.15, -0.1) is 0 Å². The Morgan fingerprint density at radius 3 is 2.63 bits per heavy atom. The molecule has 1 atom stereocenters. The first-order valence-electron chi connectivity index (χ1n) is 9.33. The molecule has 0 aliphatic carbocycles. The van der Waals surface area contributed by atoms with Crippen LogP contribution >= 0.6 is 23.2 Å². The van der Waals surface area contributed by atoms with Crippen LogP contribution in [0.5, 0.6) is 5.75 Å². The van der Waals surface area contributed by atoms with Gasteiger partial charge in [0.15, 0.2) is 0 Å². The van der Waals surface area contributed by atoms with Crippen LogP contribution in [-0.2, 0) is 0 Å². The average molecular weight is 432 g/mol. The van der Waals surface area contributed by atoms with E-state index in [-0.39, 0.29) is 5.88 Å². The summed E-state index contributed by atoms with van der Waals surface area (Å²) in [4.78, 5) is 4.55. The summed E-state index contributed by atoms with van der Waals surface area (Å²) in [5.74, 6) is 0.233. The summed E-state index contributed by atoms with van der Waals surface area (Å²) >= 11 is 12.9. The lowest BCUT2D eigenvalue weighted by atomic mass is 9.82. The Morgan fingerprint density at radius 2 is 1.83 bits per heavy atom. The molecule has 30 heavy (non-hydrogen) atoms. The van der Waals surface area contributed by atoms with Gasteiger partial charge in [-0.3, -0.25) is 0 Å². The second-order valence-corrected chi connectivity index (χ2v) is 8.06. The van der Waals surface area contributed by atoms with Gasteiger partial charge in [-0.25, -0.2) is 4.98 Å². The topological polar surface area (TPSA) is 71.9 Å². The molecule has 0 saturated carbocycles. The SMILES string of the molecule is Cc1cc2cc([C@H]3C(C#N)=C(N)Oc4c3ccc3ccccc43)c(Cl)nc2cc1Cl. The van der Waals surface area contributed by atoms with Gasteiger partial charge in [0.2, 0.25) is 5.88 Å². The maximum Gasteiger partial charge on any atom is 0.205 e. The van der Waals surface area contributed by atoms with Gasteiger partial charge in [-0.05, 0) is 36.1 Å². The van der Waals surface area contributed by atoms with Crippen molar-refractivity contribution in [1.82, 2.24) is 4.98 Å². The van der Waals surface area contributed by atoms with E-state index < -0.39 is 5.92 Å². The Labute approximate surface area is 183 Å². The molecule has 0 bridgehead atoms. The minimum Gasteiger partial charge on any atom is -0.440 e. The molecule has 4 nitrogen and oxygen atoms in total. The molecule has 6 heteroatoms. The van der Waals surface area contributed by atoms with Crippen molar-refractivity contribution in [3.63, 3.8) is 0 Å². The molecule has 0 spiro atoms. The summed E-state index contributed by atoms with van der Waals surface area (Å²) in [6.07, 6.45) is 0. The normalized spacial score (nSPS) is 15.7. The van der Waals surface area contributed by atoms with Crippen molar-refractivity contribution in [3.8, 4) is 11.8 Å². The van der Waals surface area contributed by atoms with E-state index in [0.717, 1.165) is 27.3 Å². The molecule has 1 aromatic heterocycles.